The minimum Gasteiger partial charge on any atom is -0.492 e. The summed E-state index contributed by atoms with van der Waals surface area (Å²) in [6.07, 6.45) is 4.68. The van der Waals surface area contributed by atoms with Crippen LogP contribution in [0.4, 0.5) is 8.78 Å². The van der Waals surface area contributed by atoms with Gasteiger partial charge in [-0.05, 0) is 25.3 Å². The molecule has 3 atom stereocenters. The molecule has 1 aromatic heterocycles. The van der Waals surface area contributed by atoms with Gasteiger partial charge in [0.1, 0.15) is 29.8 Å². The van der Waals surface area contributed by atoms with Gasteiger partial charge in [0, 0.05) is 35.3 Å². The van der Waals surface area contributed by atoms with Crippen LogP contribution in [0.25, 0.3) is 10.9 Å². The third-order valence-corrected chi connectivity index (χ3v) is 6.46. The van der Waals surface area contributed by atoms with Crippen molar-refractivity contribution < 1.29 is 18.3 Å². The Morgan fingerprint density at radius 1 is 1.15 bits per heavy atom. The van der Waals surface area contributed by atoms with E-state index in [2.05, 4.69) is 20.4 Å². The predicted molar refractivity (Wildman–Crippen MR) is 121 cm³/mol. The number of aliphatic imine (C=N–C) groups is 2. The highest BCUT2D eigenvalue weighted by atomic mass is 19.1. The lowest BCUT2D eigenvalue weighted by Gasteiger charge is -2.31. The Labute approximate surface area is 193 Å². The van der Waals surface area contributed by atoms with Gasteiger partial charge in [-0.2, -0.15) is 5.10 Å². The summed E-state index contributed by atoms with van der Waals surface area (Å²) < 4.78 is 41.6. The first-order valence-electron chi connectivity index (χ1n) is 11.1. The van der Waals surface area contributed by atoms with Gasteiger partial charge < -0.3 is 20.5 Å². The molecule has 3 aromatic rings. The van der Waals surface area contributed by atoms with Crippen LogP contribution in [0.1, 0.15) is 42.5 Å². The molecule has 9 nitrogen and oxygen atoms in total. The van der Waals surface area contributed by atoms with Gasteiger partial charge in [-0.3, -0.25) is 5.73 Å². The third kappa shape index (κ3) is 3.39. The zero-order valence-corrected chi connectivity index (χ0v) is 18.2. The highest BCUT2D eigenvalue weighted by Gasteiger charge is 2.45. The molecule has 11 heteroatoms. The van der Waals surface area contributed by atoms with Gasteiger partial charge in [0.15, 0.2) is 12.2 Å². The summed E-state index contributed by atoms with van der Waals surface area (Å²) in [6, 6.07) is 7.65. The van der Waals surface area contributed by atoms with Gasteiger partial charge in [-0.25, -0.2) is 23.4 Å². The molecule has 0 aliphatic carbocycles. The number of nitrogens with one attached hydrogen (secondary N) is 1. The zero-order chi connectivity index (χ0) is 23.4. The van der Waals surface area contributed by atoms with Gasteiger partial charge in [-0.1, -0.05) is 12.1 Å². The lowest BCUT2D eigenvalue weighted by atomic mass is 9.93. The molecule has 1 saturated heterocycles. The summed E-state index contributed by atoms with van der Waals surface area (Å²) in [6.45, 7) is 0.693. The van der Waals surface area contributed by atoms with E-state index in [9.17, 15) is 8.78 Å². The Hall–Kier alpha value is -3.57. The third-order valence-electron chi connectivity index (χ3n) is 6.46. The average molecular weight is 467 g/mol. The van der Waals surface area contributed by atoms with Crippen LogP contribution in [0, 0.1) is 11.6 Å². The topological polar surface area (TPSA) is 125 Å². The van der Waals surface area contributed by atoms with Crippen LogP contribution in [-0.2, 0) is 4.74 Å². The molecule has 3 aliphatic heterocycles. The average Bonchev–Trinajstić information content (AvgIpc) is 3.43. The molecule has 5 N–H and O–H groups in total. The molecule has 0 bridgehead atoms. The summed E-state index contributed by atoms with van der Waals surface area (Å²) >= 11 is 0. The number of nitrogens with zero attached hydrogens (tertiary/aromatic N) is 4. The number of hydrogen-bond acceptors (Lipinski definition) is 8. The quantitative estimate of drug-likeness (QED) is 0.544. The maximum atomic E-state index is 14.7. The number of guanidine groups is 1. The number of hydrogen-bond donors (Lipinski definition) is 3. The molecule has 3 aliphatic rings. The van der Waals surface area contributed by atoms with Crippen LogP contribution in [0.2, 0.25) is 0 Å². The fourth-order valence-electron chi connectivity index (χ4n) is 4.81. The van der Waals surface area contributed by atoms with Crippen LogP contribution in [0.3, 0.4) is 0 Å². The summed E-state index contributed by atoms with van der Waals surface area (Å²) in [4.78, 5) is 8.90. The molecule has 176 valence electrons. The van der Waals surface area contributed by atoms with Crippen molar-refractivity contribution in [2.45, 2.75) is 37.2 Å². The molecule has 0 radical (unpaired) electrons. The Bertz CT molecular complexity index is 1350. The van der Waals surface area contributed by atoms with E-state index in [0.29, 0.717) is 18.0 Å². The van der Waals surface area contributed by atoms with Gasteiger partial charge in [0.05, 0.1) is 17.6 Å². The van der Waals surface area contributed by atoms with Gasteiger partial charge in [-0.15, -0.1) is 0 Å². The monoisotopic (exact) mass is 467 g/mol. The van der Waals surface area contributed by atoms with E-state index < -0.39 is 23.3 Å². The molecule has 2 aromatic carbocycles. The number of ether oxygens (including phenoxy) is 2. The molecule has 0 saturated carbocycles. The van der Waals surface area contributed by atoms with E-state index in [-0.39, 0.29) is 30.1 Å². The Balaban J connectivity index is 1.40. The van der Waals surface area contributed by atoms with Gasteiger partial charge in [0.2, 0.25) is 5.79 Å². The molecule has 3 unspecified atom stereocenters. The second-order valence-corrected chi connectivity index (χ2v) is 8.71. The number of halogens is 2. The van der Waals surface area contributed by atoms with E-state index in [0.717, 1.165) is 42.3 Å². The maximum Gasteiger partial charge on any atom is 0.218 e. The van der Waals surface area contributed by atoms with Crippen LogP contribution in [-0.4, -0.2) is 40.6 Å². The number of fused-ring (bicyclic) bond motifs is 2. The lowest BCUT2D eigenvalue weighted by Crippen LogP contribution is -2.53. The van der Waals surface area contributed by atoms with Crippen molar-refractivity contribution in [3.05, 3.63) is 59.3 Å². The number of amidine groups is 1. The predicted octanol–water partition coefficient (Wildman–Crippen LogP) is 2.47. The first-order chi connectivity index (χ1) is 16.4. The van der Waals surface area contributed by atoms with Crippen molar-refractivity contribution in [2.75, 3.05) is 13.2 Å². The minimum atomic E-state index is -1.64. The minimum absolute atomic E-state index is 0.00933. The van der Waals surface area contributed by atoms with E-state index in [1.807, 2.05) is 22.9 Å². The van der Waals surface area contributed by atoms with Crippen molar-refractivity contribution in [2.24, 2.45) is 21.5 Å². The van der Waals surface area contributed by atoms with Crippen LogP contribution in [0.5, 0.6) is 5.75 Å². The second kappa shape index (κ2) is 7.74. The SMILES string of the molecule is NC1=NC(N)(C2COc3cc(F)cc(F)c32)N=C(c2ccc3cnn(C4CCCCO4)c3c2)N1. The maximum absolute atomic E-state index is 14.7. The molecule has 4 heterocycles. The highest BCUT2D eigenvalue weighted by molar-refractivity contribution is 6.11. The summed E-state index contributed by atoms with van der Waals surface area (Å²) in [5, 5.41) is 8.44. The fourth-order valence-corrected chi connectivity index (χ4v) is 4.81. The summed E-state index contributed by atoms with van der Waals surface area (Å²) in [5.41, 5.74) is 14.4. The second-order valence-electron chi connectivity index (χ2n) is 8.71. The van der Waals surface area contributed by atoms with Crippen molar-refractivity contribution in [3.63, 3.8) is 0 Å². The fraction of sp³-hybridized carbons (Fsp3) is 0.348. The number of benzene rings is 2. The van der Waals surface area contributed by atoms with E-state index in [4.69, 9.17) is 20.9 Å². The smallest absolute Gasteiger partial charge is 0.218 e. The lowest BCUT2D eigenvalue weighted by molar-refractivity contribution is -0.0366. The molecule has 0 amide bonds. The summed E-state index contributed by atoms with van der Waals surface area (Å²) in [7, 11) is 0. The number of aromatic nitrogens is 2. The van der Waals surface area contributed by atoms with Crippen LogP contribution in [0.15, 0.2) is 46.5 Å². The molecular weight excluding hydrogens is 444 g/mol. The van der Waals surface area contributed by atoms with Crippen molar-refractivity contribution in [3.8, 4) is 5.75 Å². The molecule has 0 spiro atoms. The number of rotatable bonds is 3. The van der Waals surface area contributed by atoms with Crippen LogP contribution >= 0.6 is 0 Å². The molecule has 6 rings (SSSR count). The van der Waals surface area contributed by atoms with Crippen molar-refractivity contribution in [1.82, 2.24) is 15.1 Å². The highest BCUT2D eigenvalue weighted by Crippen LogP contribution is 2.43. The van der Waals surface area contributed by atoms with Crippen molar-refractivity contribution in [1.29, 1.82) is 0 Å². The Morgan fingerprint density at radius 3 is 2.85 bits per heavy atom. The Kier molecular flexibility index (Phi) is 4.78. The first-order valence-corrected chi connectivity index (χ1v) is 11.1. The van der Waals surface area contributed by atoms with Crippen molar-refractivity contribution >= 4 is 22.7 Å². The normalized spacial score (nSPS) is 26.4. The van der Waals surface area contributed by atoms with Gasteiger partial charge >= 0.3 is 0 Å². The van der Waals surface area contributed by atoms with E-state index >= 15 is 0 Å². The Morgan fingerprint density at radius 2 is 2.03 bits per heavy atom. The molecule has 1 fully saturated rings. The zero-order valence-electron chi connectivity index (χ0n) is 18.2. The van der Waals surface area contributed by atoms with E-state index in [1.165, 1.54) is 0 Å². The summed E-state index contributed by atoms with van der Waals surface area (Å²) in [5.74, 6) is -3.41. The van der Waals surface area contributed by atoms with Crippen LogP contribution < -0.4 is 21.5 Å². The molecular formula is C23H23F2N7O2. The standard InChI is InChI=1S/C23H23F2N7O2/c24-14-8-16(25)20-15(11-34-18(20)9-14)23(27)30-21(29-22(26)31-23)12-4-5-13-10-28-32(17(13)7-12)19-3-1-2-6-33-19/h4-5,7-10,15,19H,1-3,6,11,27H2,(H3,26,29,30,31). The van der Waals surface area contributed by atoms with E-state index in [1.54, 1.807) is 6.20 Å². The number of nitrogens with two attached hydrogens (primary N) is 2. The molecule has 34 heavy (non-hydrogen) atoms. The van der Waals surface area contributed by atoms with Gasteiger partial charge in [0.25, 0.3) is 0 Å². The first kappa shape index (κ1) is 21.0. The largest absolute Gasteiger partial charge is 0.492 e.